The molecule has 1 saturated heterocycles. The highest BCUT2D eigenvalue weighted by Gasteiger charge is 2.36. The molecule has 1 heterocycles. The van der Waals surface area contributed by atoms with Crippen LogP contribution in [-0.4, -0.2) is 64.6 Å². The van der Waals surface area contributed by atoms with Gasteiger partial charge in [0.15, 0.2) is 6.17 Å². The fraction of sp³-hybridized carbons (Fsp3) is 0.455. The molecule has 12 heteroatoms. The zero-order valence-corrected chi connectivity index (χ0v) is 19.1. The maximum absolute atomic E-state index is 13.0. The van der Waals surface area contributed by atoms with Gasteiger partial charge in [0.2, 0.25) is 11.8 Å². The highest BCUT2D eigenvalue weighted by molar-refractivity contribution is 5.94. The molecule has 4 amide bonds. The summed E-state index contributed by atoms with van der Waals surface area (Å²) in [5, 5.41) is 14.9. The molecule has 0 bridgehead atoms. The molecule has 1 fully saturated rings. The number of rotatable bonds is 10. The maximum Gasteiger partial charge on any atom is 0.260 e. The zero-order chi connectivity index (χ0) is 25.6. The molecule has 0 saturated carbocycles. The fourth-order valence-corrected chi connectivity index (χ4v) is 3.76. The average molecular weight is 476 g/mol. The van der Waals surface area contributed by atoms with Crippen LogP contribution in [0.4, 0.5) is 0 Å². The standard InChI is InChI=1S/C22H33N7O5/c1-3-11(2)13-9-12(6-7-16(13)30)10-14(27-21(33)17(23)24)20(32)28-18(25)22(34)29-8-4-5-15(29)19(26)31/h3,6-7,9,11,14-15,17-18,30H,1,4-5,8,10,23-25H2,2H3,(H2,26,31)(H,27,33)(H,28,32)/t11?,14-,15-,18+/m0/s1. The van der Waals surface area contributed by atoms with Crippen molar-refractivity contribution in [3.63, 3.8) is 0 Å². The van der Waals surface area contributed by atoms with Crippen molar-refractivity contribution < 1.29 is 24.3 Å². The van der Waals surface area contributed by atoms with Crippen LogP contribution in [0.25, 0.3) is 0 Å². The number of phenolic OH excluding ortho intramolecular Hbond substituents is 1. The van der Waals surface area contributed by atoms with Gasteiger partial charge in [0.1, 0.15) is 24.0 Å². The highest BCUT2D eigenvalue weighted by Crippen LogP contribution is 2.27. The molecule has 11 N–H and O–H groups in total. The Bertz CT molecular complexity index is 952. The Morgan fingerprint density at radius 2 is 1.88 bits per heavy atom. The number of primary amides is 1. The molecule has 1 aromatic rings. The number of nitrogens with one attached hydrogen (secondary N) is 2. The van der Waals surface area contributed by atoms with Crippen molar-refractivity contribution in [2.45, 2.75) is 56.5 Å². The van der Waals surface area contributed by atoms with E-state index < -0.39 is 48.0 Å². The van der Waals surface area contributed by atoms with Gasteiger partial charge in [-0.2, -0.15) is 0 Å². The first-order valence-corrected chi connectivity index (χ1v) is 10.9. The van der Waals surface area contributed by atoms with E-state index in [0.717, 1.165) is 0 Å². The molecule has 0 spiro atoms. The van der Waals surface area contributed by atoms with Crippen molar-refractivity contribution in [1.29, 1.82) is 0 Å². The second-order valence-electron chi connectivity index (χ2n) is 8.29. The molecule has 0 aromatic heterocycles. The Morgan fingerprint density at radius 3 is 2.47 bits per heavy atom. The summed E-state index contributed by atoms with van der Waals surface area (Å²) in [6.07, 6.45) is -0.186. The minimum atomic E-state index is -1.46. The molecule has 186 valence electrons. The molecule has 12 nitrogen and oxygen atoms in total. The molecule has 4 atom stereocenters. The van der Waals surface area contributed by atoms with Gasteiger partial charge in [-0.05, 0) is 24.5 Å². The topological polar surface area (TPSA) is 220 Å². The van der Waals surface area contributed by atoms with Crippen LogP contribution in [0.15, 0.2) is 30.9 Å². The van der Waals surface area contributed by atoms with Crippen LogP contribution in [0.3, 0.4) is 0 Å². The third kappa shape index (κ3) is 6.53. The molecule has 1 aromatic carbocycles. The molecule has 0 radical (unpaired) electrons. The number of phenols is 1. The lowest BCUT2D eigenvalue weighted by Gasteiger charge is -2.27. The Morgan fingerprint density at radius 1 is 1.21 bits per heavy atom. The number of nitrogens with two attached hydrogens (primary N) is 4. The first kappa shape index (κ1) is 26.8. The summed E-state index contributed by atoms with van der Waals surface area (Å²) in [5.74, 6) is -2.95. The molecule has 2 rings (SSSR count). The first-order valence-electron chi connectivity index (χ1n) is 10.9. The van der Waals surface area contributed by atoms with Crippen LogP contribution in [-0.2, 0) is 25.6 Å². The lowest BCUT2D eigenvalue weighted by molar-refractivity contribution is -0.141. The van der Waals surface area contributed by atoms with Gasteiger partial charge in [0.05, 0.1) is 0 Å². The summed E-state index contributed by atoms with van der Waals surface area (Å²) in [7, 11) is 0. The monoisotopic (exact) mass is 475 g/mol. The average Bonchev–Trinajstić information content (AvgIpc) is 3.28. The van der Waals surface area contributed by atoms with Gasteiger partial charge >= 0.3 is 0 Å². The number of carbonyl (C=O) groups is 4. The Labute approximate surface area is 197 Å². The first-order chi connectivity index (χ1) is 16.0. The van der Waals surface area contributed by atoms with Gasteiger partial charge < -0.3 is 43.6 Å². The van der Waals surface area contributed by atoms with Crippen molar-refractivity contribution in [3.05, 3.63) is 42.0 Å². The van der Waals surface area contributed by atoms with E-state index in [9.17, 15) is 24.3 Å². The van der Waals surface area contributed by atoms with Crippen LogP contribution < -0.4 is 33.6 Å². The number of amides is 4. The number of aromatic hydroxyl groups is 1. The predicted octanol–water partition coefficient (Wildman–Crippen LogP) is -2.17. The number of hydrogen-bond donors (Lipinski definition) is 7. The molecule has 1 aliphatic heterocycles. The predicted molar refractivity (Wildman–Crippen MR) is 125 cm³/mol. The van der Waals surface area contributed by atoms with Crippen molar-refractivity contribution in [2.75, 3.05) is 6.54 Å². The van der Waals surface area contributed by atoms with Crippen LogP contribution >= 0.6 is 0 Å². The summed E-state index contributed by atoms with van der Waals surface area (Å²) in [5.41, 5.74) is 23.3. The zero-order valence-electron chi connectivity index (χ0n) is 19.1. The van der Waals surface area contributed by atoms with Gasteiger partial charge in [-0.3, -0.25) is 19.2 Å². The summed E-state index contributed by atoms with van der Waals surface area (Å²) in [4.78, 5) is 50.6. The summed E-state index contributed by atoms with van der Waals surface area (Å²) >= 11 is 0. The van der Waals surface area contributed by atoms with Crippen molar-refractivity contribution >= 4 is 23.6 Å². The lowest BCUT2D eigenvalue weighted by atomic mass is 9.95. The Balaban J connectivity index is 2.20. The maximum atomic E-state index is 13.0. The van der Waals surface area contributed by atoms with E-state index in [2.05, 4.69) is 17.2 Å². The number of benzene rings is 1. The molecule has 1 aliphatic rings. The number of carbonyl (C=O) groups excluding carboxylic acids is 4. The third-order valence-corrected chi connectivity index (χ3v) is 5.74. The second-order valence-corrected chi connectivity index (χ2v) is 8.29. The highest BCUT2D eigenvalue weighted by atomic mass is 16.3. The van der Waals surface area contributed by atoms with Crippen molar-refractivity contribution in [2.24, 2.45) is 22.9 Å². The largest absolute Gasteiger partial charge is 0.508 e. The lowest BCUT2D eigenvalue weighted by Crippen LogP contribution is -2.61. The van der Waals surface area contributed by atoms with Crippen LogP contribution in [0.5, 0.6) is 5.75 Å². The summed E-state index contributed by atoms with van der Waals surface area (Å²) in [6.45, 7) is 5.84. The second kappa shape index (κ2) is 11.6. The van der Waals surface area contributed by atoms with Gasteiger partial charge in [-0.25, -0.2) is 0 Å². The minimum Gasteiger partial charge on any atom is -0.508 e. The fourth-order valence-electron chi connectivity index (χ4n) is 3.76. The summed E-state index contributed by atoms with van der Waals surface area (Å²) < 4.78 is 0. The molecule has 1 unspecified atom stereocenters. The van der Waals surface area contributed by atoms with Crippen LogP contribution in [0, 0.1) is 0 Å². The Kier molecular flexibility index (Phi) is 9.12. The van der Waals surface area contributed by atoms with Gasteiger partial charge in [0.25, 0.3) is 11.8 Å². The smallest absolute Gasteiger partial charge is 0.260 e. The van der Waals surface area contributed by atoms with Crippen molar-refractivity contribution in [3.8, 4) is 5.75 Å². The number of nitrogens with zero attached hydrogens (tertiary/aromatic N) is 1. The third-order valence-electron chi connectivity index (χ3n) is 5.74. The van der Waals surface area contributed by atoms with E-state index in [1.165, 1.54) is 11.0 Å². The SMILES string of the molecule is C=CC(C)c1cc(C[C@H](NC(=O)C(N)N)C(=O)N[C@@H](N)C(=O)N2CCC[C@H]2C(N)=O)ccc1O. The van der Waals surface area contributed by atoms with E-state index in [0.29, 0.717) is 24.0 Å². The normalized spacial score (nSPS) is 18.1. The number of likely N-dealkylation sites (tertiary alicyclic amines) is 1. The van der Waals surface area contributed by atoms with Gasteiger partial charge in [-0.15, -0.1) is 6.58 Å². The van der Waals surface area contributed by atoms with Gasteiger partial charge in [0, 0.05) is 24.4 Å². The Hall–Kier alpha value is -3.48. The van der Waals surface area contributed by atoms with E-state index in [1.54, 1.807) is 18.2 Å². The number of hydrogen-bond acceptors (Lipinski definition) is 8. The van der Waals surface area contributed by atoms with E-state index >= 15 is 0 Å². The molecule has 34 heavy (non-hydrogen) atoms. The quantitative estimate of drug-likeness (QED) is 0.145. The van der Waals surface area contributed by atoms with Crippen molar-refractivity contribution in [1.82, 2.24) is 15.5 Å². The molecule has 0 aliphatic carbocycles. The molecular formula is C22H33N7O5. The minimum absolute atomic E-state index is 0.00400. The van der Waals surface area contributed by atoms with E-state index in [4.69, 9.17) is 22.9 Å². The number of allylic oxidation sites excluding steroid dienone is 1. The van der Waals surface area contributed by atoms with Crippen LogP contribution in [0.2, 0.25) is 0 Å². The van der Waals surface area contributed by atoms with E-state index in [1.807, 2.05) is 6.92 Å². The van der Waals surface area contributed by atoms with Gasteiger partial charge in [-0.1, -0.05) is 25.1 Å². The van der Waals surface area contributed by atoms with E-state index in [-0.39, 0.29) is 24.6 Å². The summed E-state index contributed by atoms with van der Waals surface area (Å²) in [6, 6.07) is 2.79. The molecular weight excluding hydrogens is 442 g/mol. The van der Waals surface area contributed by atoms with Crippen LogP contribution in [0.1, 0.15) is 36.8 Å².